The highest BCUT2D eigenvalue weighted by Gasteiger charge is 2.15. The van der Waals surface area contributed by atoms with Crippen LogP contribution >= 0.6 is 0 Å². The van der Waals surface area contributed by atoms with Crippen molar-refractivity contribution in [2.45, 2.75) is 11.8 Å². The number of hydrogen-bond donors (Lipinski definition) is 1. The second-order valence-corrected chi connectivity index (χ2v) is 5.59. The van der Waals surface area contributed by atoms with Crippen LogP contribution in [0.25, 0.3) is 0 Å². The summed E-state index contributed by atoms with van der Waals surface area (Å²) in [5.41, 5.74) is 1.07. The number of anilines is 1. The monoisotopic (exact) mass is 273 g/mol. The molecule has 0 saturated heterocycles. The molecule has 0 unspecified atom stereocenters. The molecule has 0 aliphatic heterocycles. The van der Waals surface area contributed by atoms with E-state index in [2.05, 4.69) is 9.71 Å². The smallest absolute Gasteiger partial charge is 0.263 e. The molecule has 1 heterocycles. The standard InChI is InChI=1S/C13H11N3O2S/c1-10-8-12(6-5-11(10)9-14)19(17,18)16-13-4-2-3-7-15-13/h2-8H,1H3,(H,15,16). The first-order valence-corrected chi connectivity index (χ1v) is 6.96. The van der Waals surface area contributed by atoms with Crippen LogP contribution in [0.4, 0.5) is 5.82 Å². The lowest BCUT2D eigenvalue weighted by molar-refractivity contribution is 0.601. The van der Waals surface area contributed by atoms with Crippen LogP contribution < -0.4 is 4.72 Å². The van der Waals surface area contributed by atoms with Crippen molar-refractivity contribution in [2.75, 3.05) is 4.72 Å². The summed E-state index contributed by atoms with van der Waals surface area (Å²) in [5.74, 6) is 0.254. The van der Waals surface area contributed by atoms with Gasteiger partial charge in [-0.2, -0.15) is 5.26 Å². The van der Waals surface area contributed by atoms with E-state index >= 15 is 0 Å². The van der Waals surface area contributed by atoms with Crippen LogP contribution in [0.3, 0.4) is 0 Å². The summed E-state index contributed by atoms with van der Waals surface area (Å²) >= 11 is 0. The Labute approximate surface area is 111 Å². The van der Waals surface area contributed by atoms with Crippen molar-refractivity contribution in [2.24, 2.45) is 0 Å². The Kier molecular flexibility index (Phi) is 3.49. The molecule has 0 saturated carbocycles. The third-order valence-electron chi connectivity index (χ3n) is 2.53. The third kappa shape index (κ3) is 2.89. The van der Waals surface area contributed by atoms with E-state index in [0.717, 1.165) is 0 Å². The zero-order valence-electron chi connectivity index (χ0n) is 10.2. The van der Waals surface area contributed by atoms with Gasteiger partial charge in [-0.05, 0) is 42.8 Å². The molecule has 2 aromatic rings. The summed E-state index contributed by atoms with van der Waals surface area (Å²) in [4.78, 5) is 4.01. The molecule has 96 valence electrons. The molecule has 0 bridgehead atoms. The maximum Gasteiger partial charge on any atom is 0.263 e. The van der Waals surface area contributed by atoms with Gasteiger partial charge >= 0.3 is 0 Å². The number of aromatic nitrogens is 1. The number of pyridine rings is 1. The van der Waals surface area contributed by atoms with Crippen LogP contribution in [-0.2, 0) is 10.0 Å². The van der Waals surface area contributed by atoms with E-state index in [1.807, 2.05) is 6.07 Å². The van der Waals surface area contributed by atoms with Gasteiger partial charge in [0, 0.05) is 6.20 Å². The van der Waals surface area contributed by atoms with Crippen LogP contribution in [0.15, 0.2) is 47.5 Å². The lowest BCUT2D eigenvalue weighted by Gasteiger charge is -2.08. The number of nitrogens with zero attached hydrogens (tertiary/aromatic N) is 2. The fourth-order valence-corrected chi connectivity index (χ4v) is 2.64. The van der Waals surface area contributed by atoms with E-state index < -0.39 is 10.0 Å². The van der Waals surface area contributed by atoms with Gasteiger partial charge < -0.3 is 0 Å². The third-order valence-corrected chi connectivity index (χ3v) is 3.88. The molecule has 0 aliphatic rings. The summed E-state index contributed by atoms with van der Waals surface area (Å²) in [6, 6.07) is 11.3. The maximum absolute atomic E-state index is 12.1. The molecule has 0 radical (unpaired) electrons. The molecule has 5 nitrogen and oxygen atoms in total. The average Bonchev–Trinajstić information content (AvgIpc) is 2.39. The summed E-state index contributed by atoms with van der Waals surface area (Å²) in [7, 11) is -3.68. The number of nitriles is 1. The van der Waals surface area contributed by atoms with Gasteiger partial charge in [0.25, 0.3) is 10.0 Å². The van der Waals surface area contributed by atoms with Crippen molar-refractivity contribution >= 4 is 15.8 Å². The molecule has 0 spiro atoms. The average molecular weight is 273 g/mol. The van der Waals surface area contributed by atoms with E-state index in [1.54, 1.807) is 25.1 Å². The molecule has 0 atom stereocenters. The molecule has 19 heavy (non-hydrogen) atoms. The Morgan fingerprint density at radius 2 is 2.05 bits per heavy atom. The van der Waals surface area contributed by atoms with Gasteiger partial charge in [-0.3, -0.25) is 4.72 Å². The minimum absolute atomic E-state index is 0.106. The number of nitrogens with one attached hydrogen (secondary N) is 1. The summed E-state index contributed by atoms with van der Waals surface area (Å²) in [6.45, 7) is 1.69. The predicted octanol–water partition coefficient (Wildman–Crippen LogP) is 2.06. The van der Waals surface area contributed by atoms with Gasteiger partial charge in [0.2, 0.25) is 0 Å². The minimum atomic E-state index is -3.68. The number of benzene rings is 1. The molecular weight excluding hydrogens is 262 g/mol. The normalized spacial score (nSPS) is 10.7. The summed E-state index contributed by atoms with van der Waals surface area (Å²) in [6.07, 6.45) is 1.50. The first kappa shape index (κ1) is 13.1. The van der Waals surface area contributed by atoms with Crippen LogP contribution in [0.5, 0.6) is 0 Å². The van der Waals surface area contributed by atoms with E-state index in [1.165, 1.54) is 24.4 Å². The zero-order valence-corrected chi connectivity index (χ0v) is 11.0. The Morgan fingerprint density at radius 1 is 1.26 bits per heavy atom. The fourth-order valence-electron chi connectivity index (χ4n) is 1.55. The van der Waals surface area contributed by atoms with Crippen molar-refractivity contribution in [1.82, 2.24) is 4.98 Å². The van der Waals surface area contributed by atoms with E-state index in [9.17, 15) is 8.42 Å². The van der Waals surface area contributed by atoms with Gasteiger partial charge in [0.05, 0.1) is 16.5 Å². The van der Waals surface area contributed by atoms with Gasteiger partial charge in [0.15, 0.2) is 0 Å². The second kappa shape index (κ2) is 5.08. The summed E-state index contributed by atoms with van der Waals surface area (Å²) < 4.78 is 26.6. The summed E-state index contributed by atoms with van der Waals surface area (Å²) in [5, 5.41) is 8.82. The van der Waals surface area contributed by atoms with Crippen molar-refractivity contribution in [3.05, 3.63) is 53.7 Å². The highest BCUT2D eigenvalue weighted by Crippen LogP contribution is 2.17. The Hall–Kier alpha value is -2.39. The fraction of sp³-hybridized carbons (Fsp3) is 0.0769. The molecule has 1 aromatic carbocycles. The number of sulfonamides is 1. The topological polar surface area (TPSA) is 82.8 Å². The highest BCUT2D eigenvalue weighted by molar-refractivity contribution is 7.92. The predicted molar refractivity (Wildman–Crippen MR) is 70.9 cm³/mol. The quantitative estimate of drug-likeness (QED) is 0.927. The van der Waals surface area contributed by atoms with Crippen LogP contribution in [0, 0.1) is 18.3 Å². The molecule has 6 heteroatoms. The van der Waals surface area contributed by atoms with Gasteiger partial charge in [-0.25, -0.2) is 13.4 Å². The van der Waals surface area contributed by atoms with E-state index in [4.69, 9.17) is 5.26 Å². The lowest BCUT2D eigenvalue weighted by atomic mass is 10.1. The molecular formula is C13H11N3O2S. The van der Waals surface area contributed by atoms with Crippen molar-refractivity contribution in [1.29, 1.82) is 5.26 Å². The van der Waals surface area contributed by atoms with Gasteiger partial charge in [-0.15, -0.1) is 0 Å². The molecule has 1 N–H and O–H groups in total. The van der Waals surface area contributed by atoms with Crippen molar-refractivity contribution < 1.29 is 8.42 Å². The Morgan fingerprint density at radius 3 is 2.63 bits per heavy atom. The minimum Gasteiger partial charge on any atom is -0.263 e. The largest absolute Gasteiger partial charge is 0.263 e. The number of rotatable bonds is 3. The zero-order chi connectivity index (χ0) is 13.9. The molecule has 1 aromatic heterocycles. The first-order chi connectivity index (χ1) is 9.03. The molecule has 0 amide bonds. The molecule has 0 aliphatic carbocycles. The second-order valence-electron chi connectivity index (χ2n) is 3.91. The van der Waals surface area contributed by atoms with Gasteiger partial charge in [-0.1, -0.05) is 6.07 Å². The van der Waals surface area contributed by atoms with Crippen LogP contribution in [0.1, 0.15) is 11.1 Å². The SMILES string of the molecule is Cc1cc(S(=O)(=O)Nc2ccccn2)ccc1C#N. The lowest BCUT2D eigenvalue weighted by Crippen LogP contribution is -2.14. The van der Waals surface area contributed by atoms with Crippen molar-refractivity contribution in [3.8, 4) is 6.07 Å². The Bertz CT molecular complexity index is 734. The maximum atomic E-state index is 12.1. The van der Waals surface area contributed by atoms with Gasteiger partial charge in [0.1, 0.15) is 5.82 Å². The highest BCUT2D eigenvalue weighted by atomic mass is 32.2. The molecule has 0 fully saturated rings. The Balaban J connectivity index is 2.36. The number of aryl methyl sites for hydroxylation is 1. The number of hydrogen-bond acceptors (Lipinski definition) is 4. The molecule has 2 rings (SSSR count). The van der Waals surface area contributed by atoms with Crippen LogP contribution in [-0.4, -0.2) is 13.4 Å². The van der Waals surface area contributed by atoms with E-state index in [-0.39, 0.29) is 10.7 Å². The van der Waals surface area contributed by atoms with E-state index in [0.29, 0.717) is 11.1 Å². The van der Waals surface area contributed by atoms with Crippen molar-refractivity contribution in [3.63, 3.8) is 0 Å². The first-order valence-electron chi connectivity index (χ1n) is 5.47. The van der Waals surface area contributed by atoms with Crippen LogP contribution in [0.2, 0.25) is 0 Å².